The molecule has 170 valence electrons. The van der Waals surface area contributed by atoms with Crippen molar-refractivity contribution in [3.8, 4) is 0 Å². The molecule has 32 heavy (non-hydrogen) atoms. The summed E-state index contributed by atoms with van der Waals surface area (Å²) in [6, 6.07) is 15.2. The number of benzene rings is 2. The van der Waals surface area contributed by atoms with Crippen molar-refractivity contribution in [1.29, 1.82) is 0 Å². The lowest BCUT2D eigenvalue weighted by Gasteiger charge is -2.43. The summed E-state index contributed by atoms with van der Waals surface area (Å²) in [6.45, 7) is 0.963. The van der Waals surface area contributed by atoms with E-state index in [1.54, 1.807) is 12.1 Å². The molecule has 3 N–H and O–H groups in total. The number of nitrogens with one attached hydrogen (secondary N) is 2. The molecule has 2 aromatic rings. The number of carbonyl (C=O) groups is 2. The SMILES string of the molecule is O=C1NC(=O)C(CCc2ccccc2)(C(N2CCC(c3ccc(F)cc3)CC2)S(=O)O)N1. The number of nitrogens with zero attached hydrogens (tertiary/aromatic N) is 1. The summed E-state index contributed by atoms with van der Waals surface area (Å²) in [5, 5.41) is 3.86. The van der Waals surface area contributed by atoms with Crippen LogP contribution in [-0.2, 0) is 22.3 Å². The van der Waals surface area contributed by atoms with Gasteiger partial charge in [-0.25, -0.2) is 13.4 Å². The first-order valence-corrected chi connectivity index (χ1v) is 11.8. The number of hydrogen-bond donors (Lipinski definition) is 3. The van der Waals surface area contributed by atoms with Gasteiger partial charge in [0.15, 0.2) is 16.6 Å². The Morgan fingerprint density at radius 1 is 1.09 bits per heavy atom. The molecule has 0 spiro atoms. The maximum absolute atomic E-state index is 13.2. The zero-order valence-electron chi connectivity index (χ0n) is 17.5. The smallest absolute Gasteiger partial charge is 0.321 e. The fraction of sp³-hybridized carbons (Fsp3) is 0.391. The van der Waals surface area contributed by atoms with Gasteiger partial charge in [-0.05, 0) is 54.9 Å². The Balaban J connectivity index is 1.54. The molecule has 2 fully saturated rings. The van der Waals surface area contributed by atoms with E-state index in [2.05, 4.69) is 10.6 Å². The standard InChI is InChI=1S/C23H26FN3O4S/c24-19-8-6-17(7-9-19)18-11-14-27(15-12-18)21(32(30)31)23(20(28)25-22(29)26-23)13-10-16-4-2-1-3-5-16/h1-9,18,21H,10-15H2,(H,30,31)(H2,25,26,28,29). The minimum absolute atomic E-state index is 0.198. The van der Waals surface area contributed by atoms with Crippen molar-refractivity contribution in [1.82, 2.24) is 15.5 Å². The monoisotopic (exact) mass is 459 g/mol. The van der Waals surface area contributed by atoms with Crippen LogP contribution >= 0.6 is 0 Å². The number of aryl methyl sites for hydroxylation is 1. The van der Waals surface area contributed by atoms with Crippen molar-refractivity contribution in [2.24, 2.45) is 0 Å². The summed E-state index contributed by atoms with van der Waals surface area (Å²) in [6.07, 6.45) is 2.06. The van der Waals surface area contributed by atoms with Gasteiger partial charge in [-0.1, -0.05) is 42.5 Å². The van der Waals surface area contributed by atoms with E-state index in [0.29, 0.717) is 32.4 Å². The van der Waals surface area contributed by atoms with Crippen LogP contribution in [-0.4, -0.2) is 49.6 Å². The second-order valence-electron chi connectivity index (χ2n) is 8.36. The predicted molar refractivity (Wildman–Crippen MR) is 119 cm³/mol. The van der Waals surface area contributed by atoms with E-state index >= 15 is 0 Å². The molecule has 0 aromatic heterocycles. The topological polar surface area (TPSA) is 98.7 Å². The lowest BCUT2D eigenvalue weighted by Crippen LogP contribution is -2.65. The van der Waals surface area contributed by atoms with E-state index in [4.69, 9.17) is 0 Å². The van der Waals surface area contributed by atoms with Crippen LogP contribution in [0.1, 0.15) is 36.3 Å². The minimum atomic E-state index is -2.38. The molecule has 2 aliphatic heterocycles. The number of piperidine rings is 1. The fourth-order valence-corrected chi connectivity index (χ4v) is 5.87. The molecular weight excluding hydrogens is 433 g/mol. The molecule has 3 atom stereocenters. The van der Waals surface area contributed by atoms with Crippen LogP contribution in [0.2, 0.25) is 0 Å². The minimum Gasteiger partial charge on any atom is -0.321 e. The van der Waals surface area contributed by atoms with Crippen molar-refractivity contribution in [2.45, 2.75) is 42.5 Å². The molecule has 9 heteroatoms. The van der Waals surface area contributed by atoms with Gasteiger partial charge in [-0.2, -0.15) is 0 Å². The van der Waals surface area contributed by atoms with Crippen LogP contribution in [0.25, 0.3) is 0 Å². The van der Waals surface area contributed by atoms with Gasteiger partial charge in [0.1, 0.15) is 11.2 Å². The highest BCUT2D eigenvalue weighted by Gasteiger charge is 2.56. The van der Waals surface area contributed by atoms with Crippen LogP contribution in [0.3, 0.4) is 0 Å². The van der Waals surface area contributed by atoms with Gasteiger partial charge in [-0.3, -0.25) is 15.0 Å². The van der Waals surface area contributed by atoms with Crippen LogP contribution in [0.4, 0.5) is 9.18 Å². The number of likely N-dealkylation sites (tertiary alicyclic amines) is 1. The number of rotatable bonds is 7. The largest absolute Gasteiger partial charge is 0.322 e. The van der Waals surface area contributed by atoms with Crippen molar-refractivity contribution < 1.29 is 22.7 Å². The Bertz CT molecular complexity index is 996. The molecule has 0 bridgehead atoms. The summed E-state index contributed by atoms with van der Waals surface area (Å²) < 4.78 is 36.0. The van der Waals surface area contributed by atoms with Crippen LogP contribution in [0.5, 0.6) is 0 Å². The number of amides is 3. The Labute approximate surface area is 188 Å². The van der Waals surface area contributed by atoms with E-state index in [-0.39, 0.29) is 18.2 Å². The maximum atomic E-state index is 13.2. The molecule has 7 nitrogen and oxygen atoms in total. The maximum Gasteiger partial charge on any atom is 0.322 e. The van der Waals surface area contributed by atoms with Gasteiger partial charge < -0.3 is 9.87 Å². The average Bonchev–Trinajstić information content (AvgIpc) is 3.07. The van der Waals surface area contributed by atoms with Crippen LogP contribution in [0, 0.1) is 5.82 Å². The molecule has 2 saturated heterocycles. The highest BCUT2D eigenvalue weighted by molar-refractivity contribution is 7.80. The van der Waals surface area contributed by atoms with E-state index in [9.17, 15) is 22.7 Å². The van der Waals surface area contributed by atoms with Crippen LogP contribution < -0.4 is 10.6 Å². The summed E-state index contributed by atoms with van der Waals surface area (Å²) in [5.41, 5.74) is 0.492. The van der Waals surface area contributed by atoms with Gasteiger partial charge in [0.2, 0.25) is 0 Å². The Hall–Kier alpha value is -2.62. The Morgan fingerprint density at radius 3 is 2.31 bits per heavy atom. The molecular formula is C23H26FN3O4S. The fourth-order valence-electron chi connectivity index (χ4n) is 4.78. The van der Waals surface area contributed by atoms with E-state index < -0.39 is 33.9 Å². The Kier molecular flexibility index (Phi) is 6.68. The van der Waals surface area contributed by atoms with Gasteiger partial charge in [0, 0.05) is 13.1 Å². The second-order valence-corrected chi connectivity index (χ2v) is 9.35. The van der Waals surface area contributed by atoms with E-state index in [1.165, 1.54) is 12.1 Å². The molecule has 0 aliphatic carbocycles. The van der Waals surface area contributed by atoms with Gasteiger partial charge in [0.25, 0.3) is 5.91 Å². The third-order valence-electron chi connectivity index (χ3n) is 6.43. The van der Waals surface area contributed by atoms with E-state index in [1.807, 2.05) is 35.2 Å². The summed E-state index contributed by atoms with van der Waals surface area (Å²) >= 11 is -2.38. The van der Waals surface area contributed by atoms with Crippen molar-refractivity contribution in [3.05, 3.63) is 71.5 Å². The van der Waals surface area contributed by atoms with Crippen LogP contribution in [0.15, 0.2) is 54.6 Å². The predicted octanol–water partition coefficient (Wildman–Crippen LogP) is 2.76. The van der Waals surface area contributed by atoms with Crippen molar-refractivity contribution in [2.75, 3.05) is 13.1 Å². The lowest BCUT2D eigenvalue weighted by atomic mass is 9.86. The second kappa shape index (κ2) is 9.48. The molecule has 0 saturated carbocycles. The van der Waals surface area contributed by atoms with Gasteiger partial charge >= 0.3 is 6.03 Å². The molecule has 3 unspecified atom stereocenters. The number of imide groups is 1. The molecule has 4 rings (SSSR count). The highest BCUT2D eigenvalue weighted by Crippen LogP contribution is 2.34. The third kappa shape index (κ3) is 4.60. The number of halogens is 1. The zero-order valence-corrected chi connectivity index (χ0v) is 18.3. The first-order valence-electron chi connectivity index (χ1n) is 10.7. The number of carbonyl (C=O) groups excluding carboxylic acids is 2. The molecule has 2 aliphatic rings. The first-order chi connectivity index (χ1) is 15.4. The summed E-state index contributed by atoms with van der Waals surface area (Å²) in [7, 11) is 0. The van der Waals surface area contributed by atoms with Gasteiger partial charge in [0.05, 0.1) is 0 Å². The molecule has 0 radical (unpaired) electrons. The number of hydrogen-bond acceptors (Lipinski definition) is 4. The molecule has 2 heterocycles. The molecule has 3 amide bonds. The molecule has 2 aromatic carbocycles. The summed E-state index contributed by atoms with van der Waals surface area (Å²) in [5.74, 6) is -0.663. The normalized spacial score (nSPS) is 24.1. The first kappa shape index (κ1) is 22.6. The van der Waals surface area contributed by atoms with E-state index in [0.717, 1.165) is 11.1 Å². The zero-order chi connectivity index (χ0) is 22.7. The number of urea groups is 1. The van der Waals surface area contributed by atoms with Gasteiger partial charge in [-0.15, -0.1) is 0 Å². The quantitative estimate of drug-likeness (QED) is 0.437. The average molecular weight is 460 g/mol. The lowest BCUT2D eigenvalue weighted by molar-refractivity contribution is -0.125. The highest BCUT2D eigenvalue weighted by atomic mass is 32.2. The summed E-state index contributed by atoms with van der Waals surface area (Å²) in [4.78, 5) is 26.8. The third-order valence-corrected chi connectivity index (χ3v) is 7.52. The Morgan fingerprint density at radius 2 is 1.75 bits per heavy atom. The van der Waals surface area contributed by atoms with Crippen molar-refractivity contribution in [3.63, 3.8) is 0 Å². The van der Waals surface area contributed by atoms with Crippen molar-refractivity contribution >= 4 is 23.0 Å².